The first-order valence-corrected chi connectivity index (χ1v) is 10.9. The van der Waals surface area contributed by atoms with Crippen molar-refractivity contribution in [2.45, 2.75) is 19.3 Å². The minimum atomic E-state index is -0.143. The number of nitrogens with one attached hydrogen (secondary N) is 1. The third-order valence-corrected chi connectivity index (χ3v) is 5.96. The maximum atomic E-state index is 13.1. The zero-order chi connectivity index (χ0) is 22.5. The van der Waals surface area contributed by atoms with Crippen LogP contribution in [-0.2, 0) is 13.5 Å². The highest BCUT2D eigenvalue weighted by atomic mass is 16.3. The van der Waals surface area contributed by atoms with Crippen molar-refractivity contribution in [2.75, 3.05) is 19.6 Å². The van der Waals surface area contributed by atoms with Crippen molar-refractivity contribution in [3.63, 3.8) is 0 Å². The molecule has 0 saturated carbocycles. The molecule has 0 spiro atoms. The molecule has 32 heavy (non-hydrogen) atoms. The van der Waals surface area contributed by atoms with Gasteiger partial charge in [0.25, 0.3) is 11.8 Å². The molecule has 0 aliphatic carbocycles. The quantitative estimate of drug-likeness (QED) is 0.627. The lowest BCUT2D eigenvalue weighted by Gasteiger charge is -2.32. The molecule has 0 atom stereocenters. The lowest BCUT2D eigenvalue weighted by molar-refractivity contribution is 0.0681. The molecule has 1 saturated heterocycles. The Labute approximate surface area is 187 Å². The van der Waals surface area contributed by atoms with Gasteiger partial charge in [-0.25, -0.2) is 0 Å². The number of carbonyl (C=O) groups is 2. The Morgan fingerprint density at radius 2 is 1.84 bits per heavy atom. The molecule has 1 aliphatic rings. The van der Waals surface area contributed by atoms with Crippen LogP contribution < -0.4 is 5.32 Å². The van der Waals surface area contributed by atoms with Crippen molar-refractivity contribution >= 4 is 11.8 Å². The second kappa shape index (κ2) is 9.68. The van der Waals surface area contributed by atoms with Crippen LogP contribution in [-0.4, -0.2) is 51.2 Å². The molecule has 1 fully saturated rings. The molecule has 0 unspecified atom stereocenters. The number of hydrogen-bond acceptors (Lipinski definition) is 4. The number of aromatic hydroxyl groups is 1. The standard InChI is InChI=1S/C25H28N4O3/c1-28-17-21(16-27-28)24(31)26-15-19-9-11-29(12-10-19)25(32)22-14-20(7-8-23(22)30)13-18-5-3-2-4-6-18/h2-8,14,16-17,19,30H,9-13,15H2,1H3,(H,26,31). The van der Waals surface area contributed by atoms with Gasteiger partial charge in [0.2, 0.25) is 0 Å². The third-order valence-electron chi connectivity index (χ3n) is 5.96. The normalized spacial score (nSPS) is 14.3. The fraction of sp³-hybridized carbons (Fsp3) is 0.320. The van der Waals surface area contributed by atoms with Crippen LogP contribution in [0.4, 0.5) is 0 Å². The number of likely N-dealkylation sites (tertiary alicyclic amines) is 1. The number of piperidine rings is 1. The number of amides is 2. The Kier molecular flexibility index (Phi) is 6.54. The highest BCUT2D eigenvalue weighted by Crippen LogP contribution is 2.25. The van der Waals surface area contributed by atoms with E-state index in [0.29, 0.717) is 43.1 Å². The average molecular weight is 433 g/mol. The van der Waals surface area contributed by atoms with Gasteiger partial charge in [0.15, 0.2) is 0 Å². The van der Waals surface area contributed by atoms with Crippen molar-refractivity contribution in [3.8, 4) is 5.75 Å². The molecule has 2 amide bonds. The zero-order valence-corrected chi connectivity index (χ0v) is 18.2. The van der Waals surface area contributed by atoms with Crippen LogP contribution in [0.2, 0.25) is 0 Å². The van der Waals surface area contributed by atoms with E-state index in [2.05, 4.69) is 10.4 Å². The van der Waals surface area contributed by atoms with E-state index in [9.17, 15) is 14.7 Å². The van der Waals surface area contributed by atoms with Gasteiger partial charge in [-0.1, -0.05) is 36.4 Å². The Hall–Kier alpha value is -3.61. The summed E-state index contributed by atoms with van der Waals surface area (Å²) < 4.78 is 1.60. The van der Waals surface area contributed by atoms with E-state index < -0.39 is 0 Å². The third kappa shape index (κ3) is 5.17. The summed E-state index contributed by atoms with van der Waals surface area (Å²) in [6, 6.07) is 15.3. The maximum absolute atomic E-state index is 13.1. The monoisotopic (exact) mass is 432 g/mol. The molecule has 7 heteroatoms. The van der Waals surface area contributed by atoms with Crippen molar-refractivity contribution in [1.82, 2.24) is 20.0 Å². The molecular weight excluding hydrogens is 404 g/mol. The Bertz CT molecular complexity index is 1090. The van der Waals surface area contributed by atoms with E-state index >= 15 is 0 Å². The van der Waals surface area contributed by atoms with E-state index in [1.165, 1.54) is 0 Å². The lowest BCUT2D eigenvalue weighted by Crippen LogP contribution is -2.41. The van der Waals surface area contributed by atoms with Gasteiger partial charge < -0.3 is 15.3 Å². The first-order chi connectivity index (χ1) is 15.5. The van der Waals surface area contributed by atoms with Crippen LogP contribution >= 0.6 is 0 Å². The van der Waals surface area contributed by atoms with Gasteiger partial charge >= 0.3 is 0 Å². The first-order valence-electron chi connectivity index (χ1n) is 10.9. The van der Waals surface area contributed by atoms with Gasteiger partial charge in [0.05, 0.1) is 17.3 Å². The fourth-order valence-electron chi connectivity index (χ4n) is 4.08. The average Bonchev–Trinajstić information content (AvgIpc) is 3.26. The van der Waals surface area contributed by atoms with E-state index in [1.54, 1.807) is 41.2 Å². The molecule has 4 rings (SSSR count). The smallest absolute Gasteiger partial charge is 0.257 e. The molecule has 2 N–H and O–H groups in total. The maximum Gasteiger partial charge on any atom is 0.257 e. The number of hydrogen-bond donors (Lipinski definition) is 2. The number of carbonyl (C=O) groups excluding carboxylic acids is 2. The van der Waals surface area contributed by atoms with Gasteiger partial charge in [-0.2, -0.15) is 5.10 Å². The topological polar surface area (TPSA) is 87.5 Å². The largest absolute Gasteiger partial charge is 0.507 e. The van der Waals surface area contributed by atoms with Gasteiger partial charge in [-0.05, 0) is 48.4 Å². The lowest BCUT2D eigenvalue weighted by atomic mass is 9.95. The van der Waals surface area contributed by atoms with E-state index in [1.807, 2.05) is 36.4 Å². The SMILES string of the molecule is Cn1cc(C(=O)NCC2CCN(C(=O)c3cc(Cc4ccccc4)ccc3O)CC2)cn1. The molecule has 1 aromatic heterocycles. The summed E-state index contributed by atoms with van der Waals surface area (Å²) in [6.45, 7) is 1.79. The summed E-state index contributed by atoms with van der Waals surface area (Å²) in [5.41, 5.74) is 3.05. The van der Waals surface area contributed by atoms with Crippen molar-refractivity contribution in [1.29, 1.82) is 0 Å². The fourth-order valence-corrected chi connectivity index (χ4v) is 4.08. The number of rotatable bonds is 6. The number of nitrogens with zero attached hydrogens (tertiary/aromatic N) is 3. The number of phenols is 1. The van der Waals surface area contributed by atoms with Crippen LogP contribution in [0.1, 0.15) is 44.7 Å². The summed E-state index contributed by atoms with van der Waals surface area (Å²) >= 11 is 0. The van der Waals surface area contributed by atoms with Gasteiger partial charge in [-0.3, -0.25) is 14.3 Å². The van der Waals surface area contributed by atoms with Gasteiger partial charge in [-0.15, -0.1) is 0 Å². The summed E-state index contributed by atoms with van der Waals surface area (Å²) in [6.07, 6.45) is 5.57. The molecule has 1 aliphatic heterocycles. The molecule has 2 heterocycles. The predicted octanol–water partition coefficient (Wildman–Crippen LogP) is 3.00. The molecule has 166 valence electrons. The second-order valence-electron chi connectivity index (χ2n) is 8.36. The Morgan fingerprint density at radius 1 is 1.09 bits per heavy atom. The molecule has 3 aromatic rings. The van der Waals surface area contributed by atoms with Crippen molar-refractivity contribution < 1.29 is 14.7 Å². The highest BCUT2D eigenvalue weighted by Gasteiger charge is 2.26. The van der Waals surface area contributed by atoms with Gasteiger partial charge in [0.1, 0.15) is 5.75 Å². The number of benzene rings is 2. The summed E-state index contributed by atoms with van der Waals surface area (Å²) in [7, 11) is 1.78. The van der Waals surface area contributed by atoms with E-state index in [0.717, 1.165) is 24.0 Å². The van der Waals surface area contributed by atoms with Crippen LogP contribution in [0.15, 0.2) is 60.9 Å². The highest BCUT2D eigenvalue weighted by molar-refractivity contribution is 5.97. The predicted molar refractivity (Wildman–Crippen MR) is 122 cm³/mol. The zero-order valence-electron chi connectivity index (χ0n) is 18.2. The second-order valence-corrected chi connectivity index (χ2v) is 8.36. The van der Waals surface area contributed by atoms with Crippen LogP contribution in [0.5, 0.6) is 5.75 Å². The van der Waals surface area contributed by atoms with Crippen LogP contribution in [0.3, 0.4) is 0 Å². The summed E-state index contributed by atoms with van der Waals surface area (Å²) in [5, 5.41) is 17.3. The number of aryl methyl sites for hydroxylation is 1. The molecule has 0 bridgehead atoms. The number of phenolic OH excluding ortho intramolecular Hbond substituents is 1. The van der Waals surface area contributed by atoms with E-state index in [4.69, 9.17) is 0 Å². The van der Waals surface area contributed by atoms with Crippen molar-refractivity contribution in [2.24, 2.45) is 13.0 Å². The summed E-state index contributed by atoms with van der Waals surface area (Å²) in [5.74, 6) is 0.0577. The molecular formula is C25H28N4O3. The van der Waals surface area contributed by atoms with Gasteiger partial charge in [0, 0.05) is 32.9 Å². The number of aromatic nitrogens is 2. The van der Waals surface area contributed by atoms with Crippen LogP contribution in [0, 0.1) is 5.92 Å². The summed E-state index contributed by atoms with van der Waals surface area (Å²) in [4.78, 5) is 27.1. The molecule has 2 aromatic carbocycles. The van der Waals surface area contributed by atoms with Crippen LogP contribution in [0.25, 0.3) is 0 Å². The Morgan fingerprint density at radius 3 is 2.53 bits per heavy atom. The molecule has 7 nitrogen and oxygen atoms in total. The molecule has 0 radical (unpaired) electrons. The minimum absolute atomic E-state index is 0.0117. The van der Waals surface area contributed by atoms with Crippen molar-refractivity contribution in [3.05, 3.63) is 83.2 Å². The minimum Gasteiger partial charge on any atom is -0.507 e. The van der Waals surface area contributed by atoms with E-state index in [-0.39, 0.29) is 17.6 Å². The first kappa shape index (κ1) is 21.6. The Balaban J connectivity index is 1.32.